The van der Waals surface area contributed by atoms with E-state index in [4.69, 9.17) is 14.3 Å². The summed E-state index contributed by atoms with van der Waals surface area (Å²) in [5, 5.41) is 8.94. The summed E-state index contributed by atoms with van der Waals surface area (Å²) in [5.41, 5.74) is 1.40. The van der Waals surface area contributed by atoms with Gasteiger partial charge in [0.05, 0.1) is 12.7 Å². The summed E-state index contributed by atoms with van der Waals surface area (Å²) in [6.07, 6.45) is 0. The van der Waals surface area contributed by atoms with Crippen LogP contribution in [0.3, 0.4) is 0 Å². The average Bonchev–Trinajstić information content (AvgIpc) is 2.89. The van der Waals surface area contributed by atoms with Crippen molar-refractivity contribution in [3.05, 3.63) is 47.8 Å². The van der Waals surface area contributed by atoms with Gasteiger partial charge in [0.2, 0.25) is 5.89 Å². The first kappa shape index (κ1) is 13.1. The van der Waals surface area contributed by atoms with Crippen molar-refractivity contribution in [3.63, 3.8) is 0 Å². The van der Waals surface area contributed by atoms with Crippen molar-refractivity contribution in [1.82, 2.24) is 4.98 Å². The standard InChI is InChI=1S/C15H10FNO4/c1-20-12-4-2-8(6-10(12)16)14-17-11-7-9(15(18)19)3-5-13(11)21-14/h2-7H,1H3,(H,18,19). The third-order valence-electron chi connectivity index (χ3n) is 3.03. The van der Waals surface area contributed by atoms with Crippen molar-refractivity contribution in [1.29, 1.82) is 0 Å². The Morgan fingerprint density at radius 3 is 2.76 bits per heavy atom. The molecule has 0 spiro atoms. The molecule has 6 heteroatoms. The number of hydrogen-bond donors (Lipinski definition) is 1. The van der Waals surface area contributed by atoms with Gasteiger partial charge in [-0.25, -0.2) is 14.2 Å². The smallest absolute Gasteiger partial charge is 0.335 e. The molecule has 0 saturated carbocycles. The molecule has 3 aromatic rings. The molecule has 1 heterocycles. The van der Waals surface area contributed by atoms with E-state index in [-0.39, 0.29) is 17.2 Å². The second-order valence-corrected chi connectivity index (χ2v) is 4.36. The van der Waals surface area contributed by atoms with Gasteiger partial charge >= 0.3 is 5.97 Å². The molecule has 3 rings (SSSR count). The van der Waals surface area contributed by atoms with Crippen LogP contribution in [0.15, 0.2) is 40.8 Å². The largest absolute Gasteiger partial charge is 0.494 e. The summed E-state index contributed by atoms with van der Waals surface area (Å²) < 4.78 is 24.0. The Bertz CT molecular complexity index is 841. The highest BCUT2D eigenvalue weighted by molar-refractivity contribution is 5.92. The molecule has 0 aliphatic heterocycles. The van der Waals surface area contributed by atoms with E-state index in [1.54, 1.807) is 6.07 Å². The lowest BCUT2D eigenvalue weighted by Gasteiger charge is -2.02. The molecule has 0 atom stereocenters. The highest BCUT2D eigenvalue weighted by Gasteiger charge is 2.13. The number of oxazole rings is 1. The number of benzene rings is 2. The van der Waals surface area contributed by atoms with E-state index >= 15 is 0 Å². The van der Waals surface area contributed by atoms with Gasteiger partial charge in [-0.2, -0.15) is 0 Å². The molecule has 1 N–H and O–H groups in total. The topological polar surface area (TPSA) is 72.6 Å². The zero-order valence-electron chi connectivity index (χ0n) is 11.0. The maximum absolute atomic E-state index is 13.7. The van der Waals surface area contributed by atoms with Crippen LogP contribution < -0.4 is 4.74 Å². The molecule has 106 valence electrons. The third-order valence-corrected chi connectivity index (χ3v) is 3.03. The monoisotopic (exact) mass is 287 g/mol. The third kappa shape index (κ3) is 2.31. The second kappa shape index (κ2) is 4.90. The van der Waals surface area contributed by atoms with Gasteiger partial charge in [-0.15, -0.1) is 0 Å². The Kier molecular flexibility index (Phi) is 3.06. The number of nitrogens with zero attached hydrogens (tertiary/aromatic N) is 1. The van der Waals surface area contributed by atoms with Crippen LogP contribution in [0.2, 0.25) is 0 Å². The number of aromatic nitrogens is 1. The number of rotatable bonds is 3. The van der Waals surface area contributed by atoms with Crippen LogP contribution in [0.1, 0.15) is 10.4 Å². The molecular formula is C15H10FNO4. The first-order valence-corrected chi connectivity index (χ1v) is 6.06. The first-order valence-electron chi connectivity index (χ1n) is 6.06. The Morgan fingerprint density at radius 2 is 2.10 bits per heavy atom. The molecule has 0 fully saturated rings. The highest BCUT2D eigenvalue weighted by atomic mass is 19.1. The number of methoxy groups -OCH3 is 1. The molecule has 0 amide bonds. The van der Waals surface area contributed by atoms with Crippen LogP contribution >= 0.6 is 0 Å². The molecule has 0 saturated heterocycles. The molecular weight excluding hydrogens is 277 g/mol. The van der Waals surface area contributed by atoms with Gasteiger partial charge < -0.3 is 14.3 Å². The van der Waals surface area contributed by atoms with E-state index in [0.717, 1.165) is 0 Å². The van der Waals surface area contributed by atoms with Crippen molar-refractivity contribution in [2.45, 2.75) is 0 Å². The number of halogens is 1. The first-order chi connectivity index (χ1) is 10.1. The predicted molar refractivity (Wildman–Crippen MR) is 72.9 cm³/mol. The number of aromatic carboxylic acids is 1. The zero-order valence-corrected chi connectivity index (χ0v) is 11.0. The van der Waals surface area contributed by atoms with Gasteiger partial charge in [0.25, 0.3) is 0 Å². The number of hydrogen-bond acceptors (Lipinski definition) is 4. The Balaban J connectivity index is 2.08. The van der Waals surface area contributed by atoms with Crippen molar-refractivity contribution < 1.29 is 23.4 Å². The number of fused-ring (bicyclic) bond motifs is 1. The predicted octanol–water partition coefficient (Wildman–Crippen LogP) is 3.34. The molecule has 2 aromatic carbocycles. The van der Waals surface area contributed by atoms with Crippen molar-refractivity contribution in [3.8, 4) is 17.2 Å². The van der Waals surface area contributed by atoms with Crippen molar-refractivity contribution in [2.75, 3.05) is 7.11 Å². The molecule has 0 unspecified atom stereocenters. The lowest BCUT2D eigenvalue weighted by atomic mass is 10.2. The van der Waals surface area contributed by atoms with Gasteiger partial charge in [-0.05, 0) is 36.4 Å². The minimum atomic E-state index is -1.04. The minimum absolute atomic E-state index is 0.114. The van der Waals surface area contributed by atoms with Crippen LogP contribution in [0.25, 0.3) is 22.6 Å². The number of carboxylic acid groups (broad SMARTS) is 1. The summed E-state index contributed by atoms with van der Waals surface area (Å²) >= 11 is 0. The SMILES string of the molecule is COc1ccc(-c2nc3cc(C(=O)O)ccc3o2)cc1F. The van der Waals surface area contributed by atoms with E-state index in [1.807, 2.05) is 0 Å². The number of carbonyl (C=O) groups is 1. The van der Waals surface area contributed by atoms with Gasteiger partial charge in [-0.3, -0.25) is 0 Å². The van der Waals surface area contributed by atoms with Crippen LogP contribution in [-0.4, -0.2) is 23.2 Å². The quantitative estimate of drug-likeness (QED) is 0.799. The lowest BCUT2D eigenvalue weighted by Crippen LogP contribution is -1.94. The van der Waals surface area contributed by atoms with Crippen LogP contribution in [-0.2, 0) is 0 Å². The Morgan fingerprint density at radius 1 is 1.29 bits per heavy atom. The summed E-state index contributed by atoms with van der Waals surface area (Å²) in [6.45, 7) is 0. The molecule has 21 heavy (non-hydrogen) atoms. The van der Waals surface area contributed by atoms with E-state index in [1.165, 1.54) is 37.4 Å². The molecule has 5 nitrogen and oxygen atoms in total. The van der Waals surface area contributed by atoms with E-state index < -0.39 is 11.8 Å². The Labute approximate surface area is 118 Å². The van der Waals surface area contributed by atoms with Crippen LogP contribution in [0.4, 0.5) is 4.39 Å². The van der Waals surface area contributed by atoms with E-state index in [2.05, 4.69) is 4.98 Å². The van der Waals surface area contributed by atoms with Crippen molar-refractivity contribution in [2.24, 2.45) is 0 Å². The second-order valence-electron chi connectivity index (χ2n) is 4.36. The summed E-state index contributed by atoms with van der Waals surface area (Å²) in [7, 11) is 1.38. The Hall–Kier alpha value is -2.89. The maximum atomic E-state index is 13.7. The average molecular weight is 287 g/mol. The van der Waals surface area contributed by atoms with Gasteiger partial charge in [-0.1, -0.05) is 0 Å². The summed E-state index contributed by atoms with van der Waals surface area (Å²) in [4.78, 5) is 15.1. The van der Waals surface area contributed by atoms with Crippen LogP contribution in [0.5, 0.6) is 5.75 Å². The molecule has 1 aromatic heterocycles. The fourth-order valence-corrected chi connectivity index (χ4v) is 1.98. The van der Waals surface area contributed by atoms with Gasteiger partial charge in [0.15, 0.2) is 17.1 Å². The fourth-order valence-electron chi connectivity index (χ4n) is 1.98. The summed E-state index contributed by atoms with van der Waals surface area (Å²) in [5.74, 6) is -1.22. The van der Waals surface area contributed by atoms with Crippen molar-refractivity contribution >= 4 is 17.1 Å². The fraction of sp³-hybridized carbons (Fsp3) is 0.0667. The highest BCUT2D eigenvalue weighted by Crippen LogP contribution is 2.28. The van der Waals surface area contributed by atoms with Crippen LogP contribution in [0, 0.1) is 5.82 Å². The number of carboxylic acids is 1. The maximum Gasteiger partial charge on any atom is 0.335 e. The normalized spacial score (nSPS) is 10.8. The van der Waals surface area contributed by atoms with E-state index in [0.29, 0.717) is 16.7 Å². The minimum Gasteiger partial charge on any atom is -0.494 e. The molecule has 0 aliphatic carbocycles. The van der Waals surface area contributed by atoms with Gasteiger partial charge in [0.1, 0.15) is 5.52 Å². The molecule has 0 aliphatic rings. The number of ether oxygens (including phenoxy) is 1. The lowest BCUT2D eigenvalue weighted by molar-refractivity contribution is 0.0697. The zero-order chi connectivity index (χ0) is 15.0. The van der Waals surface area contributed by atoms with Gasteiger partial charge in [0, 0.05) is 5.56 Å². The van der Waals surface area contributed by atoms with E-state index in [9.17, 15) is 9.18 Å². The molecule has 0 radical (unpaired) electrons. The summed E-state index contributed by atoms with van der Waals surface area (Å²) in [6, 6.07) is 8.70. The molecule has 0 bridgehead atoms.